The van der Waals surface area contributed by atoms with Crippen molar-refractivity contribution in [3.8, 4) is 0 Å². The molecule has 1 amide bonds. The maximum Gasteiger partial charge on any atom is 0.223 e. The number of amides is 1. The van der Waals surface area contributed by atoms with E-state index < -0.39 is 0 Å². The molecular weight excluding hydrogens is 289 g/mol. The number of nitrogens with one attached hydrogen (secondary N) is 1. The van der Waals surface area contributed by atoms with E-state index in [0.717, 1.165) is 30.4 Å². The Morgan fingerprint density at radius 1 is 1.17 bits per heavy atom. The highest BCUT2D eigenvalue weighted by Gasteiger charge is 2.26. The van der Waals surface area contributed by atoms with E-state index in [-0.39, 0.29) is 29.6 Å². The highest BCUT2D eigenvalue weighted by atomic mass is 19.1. The van der Waals surface area contributed by atoms with Crippen molar-refractivity contribution in [2.24, 2.45) is 11.8 Å². The van der Waals surface area contributed by atoms with E-state index in [2.05, 4.69) is 33.0 Å². The van der Waals surface area contributed by atoms with Crippen LogP contribution in [0.2, 0.25) is 0 Å². The Balaban J connectivity index is 3.02. The molecule has 0 aromatic heterocycles. The molecule has 1 N–H and O–H groups in total. The topological polar surface area (TPSA) is 29.1 Å². The number of carbonyl (C=O) groups is 1. The Bertz CT molecular complexity index is 492. The summed E-state index contributed by atoms with van der Waals surface area (Å²) < 4.78 is 13.8. The van der Waals surface area contributed by atoms with Gasteiger partial charge in [0.15, 0.2) is 0 Å². The molecule has 23 heavy (non-hydrogen) atoms. The van der Waals surface area contributed by atoms with Gasteiger partial charge in [0.2, 0.25) is 5.91 Å². The first-order valence-electron chi connectivity index (χ1n) is 8.87. The Morgan fingerprint density at radius 2 is 1.83 bits per heavy atom. The monoisotopic (exact) mass is 321 g/mol. The van der Waals surface area contributed by atoms with Gasteiger partial charge in [0, 0.05) is 17.9 Å². The summed E-state index contributed by atoms with van der Waals surface area (Å²) in [5, 5.41) is 3.21. The molecule has 1 aromatic rings. The molecule has 0 aliphatic carbocycles. The lowest BCUT2D eigenvalue weighted by Gasteiger charge is -2.29. The third-order valence-corrected chi connectivity index (χ3v) is 4.76. The lowest BCUT2D eigenvalue weighted by molar-refractivity contribution is -0.126. The van der Waals surface area contributed by atoms with Crippen LogP contribution in [-0.2, 0) is 4.79 Å². The highest BCUT2D eigenvalue weighted by molar-refractivity contribution is 5.78. The van der Waals surface area contributed by atoms with Crippen molar-refractivity contribution in [2.75, 3.05) is 0 Å². The molecule has 1 aromatic carbocycles. The average molecular weight is 321 g/mol. The quantitative estimate of drug-likeness (QED) is 0.700. The number of hydrogen-bond acceptors (Lipinski definition) is 1. The minimum atomic E-state index is -0.196. The summed E-state index contributed by atoms with van der Waals surface area (Å²) in [6.45, 7) is 12.2. The molecule has 130 valence electrons. The van der Waals surface area contributed by atoms with Gasteiger partial charge in [0.1, 0.15) is 5.82 Å². The molecule has 0 spiro atoms. The van der Waals surface area contributed by atoms with Crippen LogP contribution in [0.3, 0.4) is 0 Å². The molecule has 0 aliphatic heterocycles. The zero-order valence-electron chi connectivity index (χ0n) is 15.4. The van der Waals surface area contributed by atoms with Gasteiger partial charge in [-0.05, 0) is 48.9 Å². The predicted octanol–water partition coefficient (Wildman–Crippen LogP) is 5.20. The van der Waals surface area contributed by atoms with Crippen LogP contribution in [-0.4, -0.2) is 11.9 Å². The second-order valence-electron chi connectivity index (χ2n) is 7.01. The molecule has 0 unspecified atom stereocenters. The van der Waals surface area contributed by atoms with E-state index in [1.54, 1.807) is 12.1 Å². The van der Waals surface area contributed by atoms with Crippen LogP contribution in [0.25, 0.3) is 0 Å². The van der Waals surface area contributed by atoms with Crippen molar-refractivity contribution in [3.05, 3.63) is 35.1 Å². The van der Waals surface area contributed by atoms with Crippen LogP contribution in [0, 0.1) is 24.6 Å². The van der Waals surface area contributed by atoms with Gasteiger partial charge in [-0.3, -0.25) is 4.79 Å². The number of hydrogen-bond donors (Lipinski definition) is 1. The molecular formula is C20H32FNO. The van der Waals surface area contributed by atoms with E-state index in [0.29, 0.717) is 5.92 Å². The van der Waals surface area contributed by atoms with Crippen LogP contribution in [0.15, 0.2) is 18.2 Å². The molecule has 0 saturated heterocycles. The molecule has 0 saturated carbocycles. The van der Waals surface area contributed by atoms with Gasteiger partial charge in [0.25, 0.3) is 0 Å². The van der Waals surface area contributed by atoms with Crippen LogP contribution in [0.5, 0.6) is 0 Å². The molecule has 3 atom stereocenters. The first kappa shape index (κ1) is 19.7. The minimum Gasteiger partial charge on any atom is -0.353 e. The first-order chi connectivity index (χ1) is 10.8. The van der Waals surface area contributed by atoms with Gasteiger partial charge < -0.3 is 5.32 Å². The Morgan fingerprint density at radius 3 is 2.30 bits per heavy atom. The van der Waals surface area contributed by atoms with Gasteiger partial charge in [-0.2, -0.15) is 0 Å². The summed E-state index contributed by atoms with van der Waals surface area (Å²) in [6.07, 6.45) is 2.79. The Kier molecular flexibility index (Phi) is 7.74. The molecule has 0 bridgehead atoms. The highest BCUT2D eigenvalue weighted by Crippen LogP contribution is 2.29. The SMILES string of the molecule is CCC[C@@H](c1cc(C)cc(F)c1)[C@@H](CC)NC(=O)[C@H](C)C(C)C. The summed E-state index contributed by atoms with van der Waals surface area (Å²) in [7, 11) is 0. The predicted molar refractivity (Wildman–Crippen MR) is 95.0 cm³/mol. The summed E-state index contributed by atoms with van der Waals surface area (Å²) in [5.74, 6) is 0.357. The molecule has 0 aliphatic rings. The molecule has 3 heteroatoms. The number of aryl methyl sites for hydroxylation is 1. The van der Waals surface area contributed by atoms with Crippen molar-refractivity contribution < 1.29 is 9.18 Å². The molecule has 1 rings (SSSR count). The van der Waals surface area contributed by atoms with Crippen molar-refractivity contribution >= 4 is 5.91 Å². The maximum atomic E-state index is 13.8. The lowest BCUT2D eigenvalue weighted by atomic mass is 9.85. The minimum absolute atomic E-state index is 0.0134. The standard InChI is InChI=1S/C20H32FNO/c1-7-9-18(16-10-14(5)11-17(21)12-16)19(8-2)22-20(23)15(6)13(3)4/h10-13,15,18-19H,7-9H2,1-6H3,(H,22,23)/t15-,18+,19-/m1/s1. The molecule has 2 nitrogen and oxygen atoms in total. The Labute approximate surface area is 140 Å². The van der Waals surface area contributed by atoms with Gasteiger partial charge in [-0.25, -0.2) is 4.39 Å². The molecule has 0 heterocycles. The third kappa shape index (κ3) is 5.63. The number of rotatable bonds is 8. The van der Waals surface area contributed by atoms with Crippen LogP contribution >= 0.6 is 0 Å². The number of benzene rings is 1. The fourth-order valence-corrected chi connectivity index (χ4v) is 2.99. The average Bonchev–Trinajstić information content (AvgIpc) is 2.48. The zero-order chi connectivity index (χ0) is 17.6. The molecule has 0 fully saturated rings. The zero-order valence-corrected chi connectivity index (χ0v) is 15.4. The van der Waals surface area contributed by atoms with Gasteiger partial charge in [-0.1, -0.05) is 47.1 Å². The largest absolute Gasteiger partial charge is 0.353 e. The van der Waals surface area contributed by atoms with Crippen molar-refractivity contribution in [1.82, 2.24) is 5.32 Å². The van der Waals surface area contributed by atoms with E-state index >= 15 is 0 Å². The first-order valence-corrected chi connectivity index (χ1v) is 8.87. The van der Waals surface area contributed by atoms with Crippen LogP contribution < -0.4 is 5.32 Å². The van der Waals surface area contributed by atoms with Gasteiger partial charge in [0.05, 0.1) is 0 Å². The lowest BCUT2D eigenvalue weighted by Crippen LogP contribution is -2.42. The normalized spacial score (nSPS) is 15.3. The summed E-state index contributed by atoms with van der Waals surface area (Å²) in [4.78, 5) is 12.4. The van der Waals surface area contributed by atoms with Crippen LogP contribution in [0.1, 0.15) is 70.9 Å². The summed E-state index contributed by atoms with van der Waals surface area (Å²) in [6, 6.07) is 5.26. The number of carbonyl (C=O) groups excluding carboxylic acids is 1. The van der Waals surface area contributed by atoms with Crippen LogP contribution in [0.4, 0.5) is 4.39 Å². The van der Waals surface area contributed by atoms with Gasteiger partial charge in [-0.15, -0.1) is 0 Å². The van der Waals surface area contributed by atoms with Crippen molar-refractivity contribution in [2.45, 2.75) is 72.8 Å². The van der Waals surface area contributed by atoms with E-state index in [4.69, 9.17) is 0 Å². The third-order valence-electron chi connectivity index (χ3n) is 4.76. The summed E-state index contributed by atoms with van der Waals surface area (Å²) >= 11 is 0. The second-order valence-corrected chi connectivity index (χ2v) is 7.01. The van der Waals surface area contributed by atoms with Gasteiger partial charge >= 0.3 is 0 Å². The number of halogens is 1. The van der Waals surface area contributed by atoms with Crippen molar-refractivity contribution in [3.63, 3.8) is 0 Å². The summed E-state index contributed by atoms with van der Waals surface area (Å²) in [5.41, 5.74) is 1.92. The Hall–Kier alpha value is -1.38. The molecule has 0 radical (unpaired) electrons. The fourth-order valence-electron chi connectivity index (χ4n) is 2.99. The maximum absolute atomic E-state index is 13.8. The van der Waals surface area contributed by atoms with Crippen molar-refractivity contribution in [1.29, 1.82) is 0 Å². The second kappa shape index (κ2) is 9.05. The van der Waals surface area contributed by atoms with E-state index in [9.17, 15) is 9.18 Å². The fraction of sp³-hybridized carbons (Fsp3) is 0.650. The van der Waals surface area contributed by atoms with E-state index in [1.165, 1.54) is 0 Å². The van der Waals surface area contributed by atoms with E-state index in [1.807, 2.05) is 19.9 Å². The smallest absolute Gasteiger partial charge is 0.223 e.